The van der Waals surface area contributed by atoms with Gasteiger partial charge in [0.25, 0.3) is 0 Å². The van der Waals surface area contributed by atoms with Crippen LogP contribution in [0.15, 0.2) is 11.6 Å². The molecule has 3 unspecified atom stereocenters. The fourth-order valence-corrected chi connectivity index (χ4v) is 9.12. The number of carbonyl (C=O) groups excluding carboxylic acids is 2. The minimum Gasteiger partial charge on any atom is -0.458 e. The molecular formula is C23H28O4. The first-order chi connectivity index (χ1) is 12.8. The maximum Gasteiger partial charge on any atom is 0.306 e. The number of rotatable bonds is 0. The van der Waals surface area contributed by atoms with Crippen molar-refractivity contribution >= 4 is 11.8 Å². The summed E-state index contributed by atoms with van der Waals surface area (Å²) < 4.78 is 12.8. The fraction of sp³-hybridized carbons (Fsp3) is 0.826. The molecule has 7 rings (SSSR count). The highest BCUT2D eigenvalue weighted by Gasteiger charge is 2.85. The van der Waals surface area contributed by atoms with E-state index < -0.39 is 0 Å². The molecule has 0 bridgehead atoms. The minimum atomic E-state index is -0.239. The SMILES string of the molecule is CC12C[C@H]3O[C@@]34[C@@H](C3C[C@H]3C3=CC(=O)CC[C@@]34C)C1CC[C@@]21CCC(=O)O1. The second kappa shape index (κ2) is 4.22. The number of epoxide rings is 1. The van der Waals surface area contributed by atoms with Gasteiger partial charge in [-0.2, -0.15) is 0 Å². The summed E-state index contributed by atoms with van der Waals surface area (Å²) in [5.41, 5.74) is 1.24. The van der Waals surface area contributed by atoms with Crippen LogP contribution in [0.4, 0.5) is 0 Å². The standard InChI is InChI=1S/C23H28O4/c1-20-6-3-12(24)9-16(20)13-10-14(13)19-15-4-7-22(8-5-18(25)27-22)21(15,2)11-17-23(19,20)26-17/h9,13-15,17,19H,3-8,10-11H2,1-2H3/t13-,14?,15?,17-,19+,20+,21?,22-,23-/m1/s1. The van der Waals surface area contributed by atoms with E-state index in [9.17, 15) is 9.59 Å². The van der Waals surface area contributed by atoms with E-state index in [1.54, 1.807) is 0 Å². The molecule has 6 fully saturated rings. The zero-order valence-corrected chi connectivity index (χ0v) is 16.3. The average molecular weight is 368 g/mol. The van der Waals surface area contributed by atoms with Gasteiger partial charge in [0.2, 0.25) is 0 Å². The van der Waals surface area contributed by atoms with Crippen molar-refractivity contribution in [3.05, 3.63) is 11.6 Å². The number of ketones is 1. The molecule has 27 heavy (non-hydrogen) atoms. The van der Waals surface area contributed by atoms with E-state index in [2.05, 4.69) is 13.8 Å². The molecule has 2 saturated heterocycles. The maximum absolute atomic E-state index is 12.2. The Kier molecular flexibility index (Phi) is 2.46. The molecule has 9 atom stereocenters. The normalized spacial score (nSPS) is 62.0. The van der Waals surface area contributed by atoms with E-state index in [1.807, 2.05) is 6.08 Å². The molecule has 0 amide bonds. The van der Waals surface area contributed by atoms with Gasteiger partial charge in [-0.1, -0.05) is 19.4 Å². The zero-order chi connectivity index (χ0) is 18.4. The molecule has 2 aliphatic heterocycles. The lowest BCUT2D eigenvalue weighted by Crippen LogP contribution is -2.60. The molecule has 2 spiro atoms. The second-order valence-electron chi connectivity index (χ2n) is 11.1. The Bertz CT molecular complexity index is 845. The average Bonchev–Trinajstić information content (AvgIpc) is 3.49. The third-order valence-corrected chi connectivity index (χ3v) is 10.4. The third-order valence-electron chi connectivity index (χ3n) is 10.4. The van der Waals surface area contributed by atoms with Gasteiger partial charge in [-0.15, -0.1) is 0 Å². The molecule has 144 valence electrons. The number of fused-ring (bicyclic) bond motifs is 7. The van der Waals surface area contributed by atoms with Crippen LogP contribution in [0.1, 0.15) is 65.2 Å². The van der Waals surface area contributed by atoms with Gasteiger partial charge in [0, 0.05) is 23.7 Å². The zero-order valence-electron chi connectivity index (χ0n) is 16.3. The summed E-state index contributed by atoms with van der Waals surface area (Å²) in [5, 5.41) is 0. The molecule has 2 heterocycles. The monoisotopic (exact) mass is 368 g/mol. The summed E-state index contributed by atoms with van der Waals surface area (Å²) >= 11 is 0. The van der Waals surface area contributed by atoms with E-state index in [0.717, 1.165) is 25.7 Å². The van der Waals surface area contributed by atoms with Gasteiger partial charge in [0.05, 0.1) is 6.10 Å². The number of hydrogen-bond donors (Lipinski definition) is 0. The molecule has 4 nitrogen and oxygen atoms in total. The van der Waals surface area contributed by atoms with E-state index in [0.29, 0.717) is 42.3 Å². The lowest BCUT2D eigenvalue weighted by Gasteiger charge is -2.56. The van der Waals surface area contributed by atoms with Crippen LogP contribution < -0.4 is 0 Å². The predicted octanol–water partition coefficient (Wildman–Crippen LogP) is 3.58. The van der Waals surface area contributed by atoms with Gasteiger partial charge in [-0.05, 0) is 68.3 Å². The van der Waals surface area contributed by atoms with Crippen molar-refractivity contribution in [2.75, 3.05) is 0 Å². The highest BCUT2D eigenvalue weighted by molar-refractivity contribution is 5.92. The van der Waals surface area contributed by atoms with Crippen LogP contribution in [0.2, 0.25) is 0 Å². The number of hydrogen-bond acceptors (Lipinski definition) is 4. The van der Waals surface area contributed by atoms with E-state index in [1.165, 1.54) is 18.4 Å². The predicted molar refractivity (Wildman–Crippen MR) is 96.6 cm³/mol. The molecule has 5 aliphatic carbocycles. The first-order valence-corrected chi connectivity index (χ1v) is 11.0. The van der Waals surface area contributed by atoms with Gasteiger partial charge < -0.3 is 9.47 Å². The highest BCUT2D eigenvalue weighted by atomic mass is 16.6. The Hall–Kier alpha value is -1.16. The third kappa shape index (κ3) is 1.47. The van der Waals surface area contributed by atoms with Gasteiger partial charge >= 0.3 is 5.97 Å². The molecule has 0 radical (unpaired) electrons. The summed E-state index contributed by atoms with van der Waals surface area (Å²) in [6.45, 7) is 4.81. The van der Waals surface area contributed by atoms with Crippen molar-refractivity contribution in [2.45, 2.75) is 82.5 Å². The Morgan fingerprint density at radius 3 is 2.74 bits per heavy atom. The summed E-state index contributed by atoms with van der Waals surface area (Å²) in [6, 6.07) is 0. The van der Waals surface area contributed by atoms with Crippen molar-refractivity contribution in [3.8, 4) is 0 Å². The topological polar surface area (TPSA) is 55.9 Å². The highest BCUT2D eigenvalue weighted by Crippen LogP contribution is 2.82. The first-order valence-electron chi connectivity index (χ1n) is 11.0. The second-order valence-corrected chi connectivity index (χ2v) is 11.1. The molecule has 0 aromatic heterocycles. The summed E-state index contributed by atoms with van der Waals surface area (Å²) in [7, 11) is 0. The number of ether oxygens (including phenoxy) is 2. The van der Waals surface area contributed by atoms with Gasteiger partial charge in [-0.25, -0.2) is 0 Å². The molecule has 4 heteroatoms. The van der Waals surface area contributed by atoms with Crippen LogP contribution >= 0.6 is 0 Å². The number of esters is 1. The van der Waals surface area contributed by atoms with Crippen LogP contribution in [0.3, 0.4) is 0 Å². The molecule has 0 aromatic rings. The Labute approximate surface area is 160 Å². The van der Waals surface area contributed by atoms with Crippen molar-refractivity contribution in [1.29, 1.82) is 0 Å². The fourth-order valence-electron chi connectivity index (χ4n) is 9.12. The minimum absolute atomic E-state index is 0.00124. The summed E-state index contributed by atoms with van der Waals surface area (Å²) in [4.78, 5) is 24.2. The molecule has 0 N–H and O–H groups in total. The maximum atomic E-state index is 12.2. The first kappa shape index (κ1) is 15.7. The molecular weight excluding hydrogens is 340 g/mol. The Morgan fingerprint density at radius 1 is 1.11 bits per heavy atom. The van der Waals surface area contributed by atoms with Crippen LogP contribution in [-0.2, 0) is 19.1 Å². The lowest BCUT2D eigenvalue weighted by molar-refractivity contribution is -0.164. The Balaban J connectivity index is 1.36. The molecule has 7 aliphatic rings. The van der Waals surface area contributed by atoms with Crippen molar-refractivity contribution < 1.29 is 19.1 Å². The van der Waals surface area contributed by atoms with Crippen molar-refractivity contribution in [2.24, 2.45) is 34.5 Å². The van der Waals surface area contributed by atoms with E-state index >= 15 is 0 Å². The van der Waals surface area contributed by atoms with E-state index in [4.69, 9.17) is 9.47 Å². The lowest BCUT2D eigenvalue weighted by atomic mass is 9.46. The van der Waals surface area contributed by atoms with Crippen molar-refractivity contribution in [1.82, 2.24) is 0 Å². The largest absolute Gasteiger partial charge is 0.458 e. The smallest absolute Gasteiger partial charge is 0.306 e. The Morgan fingerprint density at radius 2 is 1.96 bits per heavy atom. The van der Waals surface area contributed by atoms with E-state index in [-0.39, 0.29) is 34.1 Å². The summed E-state index contributed by atoms with van der Waals surface area (Å²) in [6.07, 6.45) is 9.85. The molecule has 4 saturated carbocycles. The van der Waals surface area contributed by atoms with Crippen LogP contribution in [0, 0.1) is 34.5 Å². The molecule has 0 aromatic carbocycles. The van der Waals surface area contributed by atoms with Crippen molar-refractivity contribution in [3.63, 3.8) is 0 Å². The number of carbonyl (C=O) groups is 2. The summed E-state index contributed by atoms with van der Waals surface area (Å²) in [5.74, 6) is 2.77. The van der Waals surface area contributed by atoms with Crippen LogP contribution in [0.5, 0.6) is 0 Å². The van der Waals surface area contributed by atoms with Gasteiger partial charge in [0.15, 0.2) is 5.78 Å². The van der Waals surface area contributed by atoms with Crippen LogP contribution in [0.25, 0.3) is 0 Å². The quantitative estimate of drug-likeness (QED) is 0.484. The van der Waals surface area contributed by atoms with Gasteiger partial charge in [0.1, 0.15) is 11.2 Å². The van der Waals surface area contributed by atoms with Crippen LogP contribution in [-0.4, -0.2) is 29.1 Å². The van der Waals surface area contributed by atoms with Gasteiger partial charge in [-0.3, -0.25) is 9.59 Å².